The van der Waals surface area contributed by atoms with E-state index in [2.05, 4.69) is 26.1 Å². The Hall–Kier alpha value is -3.28. The Labute approximate surface area is 276 Å². The van der Waals surface area contributed by atoms with Gasteiger partial charge in [0.15, 0.2) is 0 Å². The molecule has 2 saturated carbocycles. The molecule has 2 aliphatic carbocycles. The molecule has 0 radical (unpaired) electrons. The zero-order chi connectivity index (χ0) is 32.8. The summed E-state index contributed by atoms with van der Waals surface area (Å²) >= 11 is 0. The smallest absolute Gasteiger partial charge is 0.303 e. The highest BCUT2D eigenvalue weighted by molar-refractivity contribution is 7.87. The van der Waals surface area contributed by atoms with Crippen molar-refractivity contribution in [3.8, 4) is 11.3 Å². The Kier molecular flexibility index (Phi) is 7.35. The van der Waals surface area contributed by atoms with Crippen LogP contribution in [0.2, 0.25) is 0 Å². The number of amides is 2. The quantitative estimate of drug-likeness (QED) is 0.392. The van der Waals surface area contributed by atoms with Gasteiger partial charge in [0, 0.05) is 73.3 Å². The van der Waals surface area contributed by atoms with Gasteiger partial charge < -0.3 is 14.4 Å². The van der Waals surface area contributed by atoms with E-state index in [-0.39, 0.29) is 41.8 Å². The Morgan fingerprint density at radius 1 is 1.02 bits per heavy atom. The number of carbonyl (C=O) groups excluding carboxylic acids is 2. The van der Waals surface area contributed by atoms with Gasteiger partial charge in [0.2, 0.25) is 5.91 Å². The maximum Gasteiger partial charge on any atom is 0.303 e. The Bertz CT molecular complexity index is 1890. The number of benzene rings is 2. The topological polar surface area (TPSA) is 95.0 Å². The molecule has 2 aromatic carbocycles. The van der Waals surface area contributed by atoms with Gasteiger partial charge in [-0.2, -0.15) is 12.7 Å². The van der Waals surface area contributed by atoms with Crippen molar-refractivity contribution in [2.24, 2.45) is 5.41 Å². The molecule has 3 aromatic rings. The van der Waals surface area contributed by atoms with E-state index in [9.17, 15) is 18.0 Å². The second-order valence-corrected chi connectivity index (χ2v) is 16.5. The zero-order valence-electron chi connectivity index (χ0n) is 27.5. The van der Waals surface area contributed by atoms with Crippen LogP contribution >= 0.6 is 0 Å². The predicted molar refractivity (Wildman–Crippen MR) is 179 cm³/mol. The summed E-state index contributed by atoms with van der Waals surface area (Å²) in [5, 5.41) is 1.02. The van der Waals surface area contributed by atoms with Gasteiger partial charge in [-0.15, -0.1) is 0 Å². The van der Waals surface area contributed by atoms with Crippen LogP contribution in [0.4, 0.5) is 4.39 Å². The number of halogens is 1. The average molecular weight is 662 g/mol. The van der Waals surface area contributed by atoms with E-state index in [1.165, 1.54) is 25.1 Å². The lowest BCUT2D eigenvalue weighted by atomic mass is 9.81. The first kappa shape index (κ1) is 31.0. The second kappa shape index (κ2) is 11.1. The number of likely N-dealkylation sites (tertiary alicyclic amines) is 1. The zero-order valence-corrected chi connectivity index (χ0v) is 28.3. The van der Waals surface area contributed by atoms with Crippen LogP contribution in [-0.4, -0.2) is 84.7 Å². The molecule has 8 rings (SSSR count). The Balaban J connectivity index is 1.30. The molecule has 4 fully saturated rings. The highest BCUT2D eigenvalue weighted by Crippen LogP contribution is 2.66. The number of rotatable bonds is 6. The summed E-state index contributed by atoms with van der Waals surface area (Å²) in [6.07, 6.45) is 8.23. The predicted octanol–water partition coefficient (Wildman–Crippen LogP) is 5.21. The number of nitrogens with zero attached hydrogens (tertiary/aromatic N) is 4. The van der Waals surface area contributed by atoms with Crippen molar-refractivity contribution in [3.05, 3.63) is 58.9 Å². The van der Waals surface area contributed by atoms with Crippen LogP contribution in [0.1, 0.15) is 91.6 Å². The van der Waals surface area contributed by atoms with E-state index in [4.69, 9.17) is 0 Å². The molecular weight excluding hydrogens is 617 g/mol. The van der Waals surface area contributed by atoms with Crippen LogP contribution in [-0.2, 0) is 21.5 Å². The van der Waals surface area contributed by atoms with Gasteiger partial charge in [-0.3, -0.25) is 9.59 Å². The molecule has 5 aliphatic rings. The van der Waals surface area contributed by atoms with Gasteiger partial charge in [0.05, 0.1) is 11.1 Å². The normalized spacial score (nSPS) is 27.3. The van der Waals surface area contributed by atoms with Crippen molar-refractivity contribution in [2.45, 2.75) is 88.8 Å². The fourth-order valence-corrected chi connectivity index (χ4v) is 10.3. The van der Waals surface area contributed by atoms with Gasteiger partial charge in [0.1, 0.15) is 5.82 Å². The molecule has 3 aliphatic heterocycles. The lowest BCUT2D eigenvalue weighted by Gasteiger charge is -2.41. The number of carbonyl (C=O) groups is 2. The number of hydrogen-bond acceptors (Lipinski definition) is 5. The van der Waals surface area contributed by atoms with E-state index < -0.39 is 21.5 Å². The number of likely N-dealkylation sites (N-methyl/N-ethyl adjacent to an activating group) is 1. The van der Waals surface area contributed by atoms with Crippen LogP contribution < -0.4 is 4.72 Å². The van der Waals surface area contributed by atoms with E-state index in [1.807, 2.05) is 12.1 Å². The molecule has 4 heterocycles. The van der Waals surface area contributed by atoms with Crippen LogP contribution in [0.25, 0.3) is 22.2 Å². The fourth-order valence-electron chi connectivity index (χ4n) is 9.41. The molecule has 2 bridgehead atoms. The number of fused-ring (bicyclic) bond motifs is 9. The molecule has 2 unspecified atom stereocenters. The standard InChI is InChI=1S/C36H44FN5O4S/c1-4-40(3)47(45,46)38-34(43)23-10-14-28-31(16-23)41-21-36(35(44)42-25-12-13-26(42)20-39(2)19-25)18-30(36)29-17-24(37)11-15-27(29)33(41)32(28)22-8-6-5-7-9-22/h10-11,14-17,22,25-26,30H,4-9,12-13,18-21H2,1-3H3,(H,38,43)/t25?,26?,30-,36-/m0/s1. The molecule has 0 spiro atoms. The fraction of sp³-hybridized carbons (Fsp3) is 0.556. The van der Waals surface area contributed by atoms with E-state index in [0.29, 0.717) is 18.9 Å². The first-order valence-electron chi connectivity index (χ1n) is 17.3. The lowest BCUT2D eigenvalue weighted by Crippen LogP contribution is -2.57. The second-order valence-electron chi connectivity index (χ2n) is 14.7. The van der Waals surface area contributed by atoms with E-state index >= 15 is 4.39 Å². The van der Waals surface area contributed by atoms with Crippen LogP contribution in [0.3, 0.4) is 0 Å². The van der Waals surface area contributed by atoms with Crippen molar-refractivity contribution < 1.29 is 22.4 Å². The monoisotopic (exact) mass is 661 g/mol. The van der Waals surface area contributed by atoms with Crippen LogP contribution in [0.5, 0.6) is 0 Å². The third-order valence-corrected chi connectivity index (χ3v) is 13.5. The lowest BCUT2D eigenvalue weighted by molar-refractivity contribution is -0.143. The van der Waals surface area contributed by atoms with Crippen LogP contribution in [0, 0.1) is 11.2 Å². The number of hydrogen-bond donors (Lipinski definition) is 1. The molecule has 1 aromatic heterocycles. The van der Waals surface area contributed by atoms with Gasteiger partial charge in [0.25, 0.3) is 5.91 Å². The minimum Gasteiger partial charge on any atom is -0.339 e. The van der Waals surface area contributed by atoms with E-state index in [1.54, 1.807) is 25.1 Å². The molecule has 2 saturated heterocycles. The van der Waals surface area contributed by atoms with E-state index in [0.717, 1.165) is 83.6 Å². The van der Waals surface area contributed by atoms with Crippen LogP contribution in [0.15, 0.2) is 36.4 Å². The van der Waals surface area contributed by atoms with Gasteiger partial charge in [-0.25, -0.2) is 9.11 Å². The minimum atomic E-state index is -4.00. The summed E-state index contributed by atoms with van der Waals surface area (Å²) in [6.45, 7) is 4.11. The summed E-state index contributed by atoms with van der Waals surface area (Å²) in [5.41, 5.74) is 4.48. The largest absolute Gasteiger partial charge is 0.339 e. The molecule has 1 N–H and O–H groups in total. The maximum absolute atomic E-state index is 15.1. The molecule has 250 valence electrons. The number of nitrogens with one attached hydrogen (secondary N) is 1. The molecule has 11 heteroatoms. The van der Waals surface area contributed by atoms with Crippen molar-refractivity contribution in [1.82, 2.24) is 23.4 Å². The number of piperazine rings is 1. The van der Waals surface area contributed by atoms with Crippen molar-refractivity contribution in [2.75, 3.05) is 33.7 Å². The van der Waals surface area contributed by atoms with Crippen molar-refractivity contribution in [3.63, 3.8) is 0 Å². The third kappa shape index (κ3) is 4.86. The first-order valence-corrected chi connectivity index (χ1v) is 18.7. The maximum atomic E-state index is 15.1. The van der Waals surface area contributed by atoms with Gasteiger partial charge in [-0.1, -0.05) is 32.3 Å². The van der Waals surface area contributed by atoms with Crippen molar-refractivity contribution >= 4 is 32.9 Å². The van der Waals surface area contributed by atoms with Gasteiger partial charge >= 0.3 is 10.2 Å². The first-order chi connectivity index (χ1) is 22.5. The molecule has 2 amide bonds. The highest BCUT2D eigenvalue weighted by Gasteiger charge is 2.65. The number of aromatic nitrogens is 1. The average Bonchev–Trinajstić information content (AvgIpc) is 3.64. The third-order valence-electron chi connectivity index (χ3n) is 11.9. The SMILES string of the molecule is CCN(C)S(=O)(=O)NC(=O)c1ccc2c(C3CCCCC3)c3n(c2c1)C[C@@]1(C(=O)N2C4CCC2CN(C)C4)C[C@H]1c1cc(F)ccc1-3. The molecule has 47 heavy (non-hydrogen) atoms. The minimum absolute atomic E-state index is 0.0879. The molecule has 4 atom stereocenters. The van der Waals surface area contributed by atoms with Crippen molar-refractivity contribution in [1.29, 1.82) is 0 Å². The molecular formula is C36H44FN5O4S. The van der Waals surface area contributed by atoms with Gasteiger partial charge in [-0.05, 0) is 86.5 Å². The summed E-state index contributed by atoms with van der Waals surface area (Å²) in [5.74, 6) is -0.599. The molecule has 9 nitrogen and oxygen atoms in total. The summed E-state index contributed by atoms with van der Waals surface area (Å²) in [4.78, 5) is 32.8. The summed E-state index contributed by atoms with van der Waals surface area (Å²) < 4.78 is 46.2. The summed E-state index contributed by atoms with van der Waals surface area (Å²) in [6, 6.07) is 10.9. The highest BCUT2D eigenvalue weighted by atomic mass is 32.2. The Morgan fingerprint density at radius 2 is 1.74 bits per heavy atom. The summed E-state index contributed by atoms with van der Waals surface area (Å²) in [7, 11) is -0.443. The Morgan fingerprint density at radius 3 is 2.45 bits per heavy atom.